The fourth-order valence-electron chi connectivity index (χ4n) is 2.71. The van der Waals surface area contributed by atoms with Crippen molar-refractivity contribution < 1.29 is 22.6 Å². The van der Waals surface area contributed by atoms with E-state index in [9.17, 15) is 13.2 Å². The largest absolute Gasteiger partial charge is 0.497 e. The first-order valence-electron chi connectivity index (χ1n) is 8.70. The molecule has 0 amide bonds. The fourth-order valence-corrected chi connectivity index (χ4v) is 2.71. The van der Waals surface area contributed by atoms with Gasteiger partial charge >= 0.3 is 6.18 Å². The zero-order valence-corrected chi connectivity index (χ0v) is 15.2. The number of anilines is 1. The number of ether oxygens (including phenoxy) is 2. The number of hydrogen-bond donors (Lipinski definition) is 1. The van der Waals surface area contributed by atoms with E-state index in [-0.39, 0.29) is 5.56 Å². The normalized spacial score (nSPS) is 12.3. The van der Waals surface area contributed by atoms with E-state index < -0.39 is 12.2 Å². The average molecular weight is 387 g/mol. The predicted octanol–water partition coefficient (Wildman–Crippen LogP) is 5.99. The molecule has 0 fully saturated rings. The van der Waals surface area contributed by atoms with Gasteiger partial charge in [-0.1, -0.05) is 42.5 Å². The molecule has 0 spiro atoms. The van der Waals surface area contributed by atoms with Crippen LogP contribution in [-0.2, 0) is 6.61 Å². The highest BCUT2D eigenvalue weighted by Crippen LogP contribution is 2.36. The zero-order valence-electron chi connectivity index (χ0n) is 15.2. The SMILES string of the molecule is COc1ccc(N[C@@H](c2ccc(OCc3ccccc3)cc2)C(F)(F)F)cc1. The Morgan fingerprint density at radius 3 is 2.00 bits per heavy atom. The smallest absolute Gasteiger partial charge is 0.412 e. The number of halogens is 3. The van der Waals surface area contributed by atoms with Crippen LogP contribution < -0.4 is 14.8 Å². The number of hydrogen-bond acceptors (Lipinski definition) is 3. The maximum atomic E-state index is 13.6. The lowest BCUT2D eigenvalue weighted by Crippen LogP contribution is -2.27. The Morgan fingerprint density at radius 2 is 1.43 bits per heavy atom. The Balaban J connectivity index is 1.71. The highest BCUT2D eigenvalue weighted by molar-refractivity contribution is 5.49. The van der Waals surface area contributed by atoms with Gasteiger partial charge in [-0.2, -0.15) is 13.2 Å². The second-order valence-electron chi connectivity index (χ2n) is 6.19. The predicted molar refractivity (Wildman–Crippen MR) is 103 cm³/mol. The summed E-state index contributed by atoms with van der Waals surface area (Å²) in [6, 6.07) is 20.0. The van der Waals surface area contributed by atoms with Crippen LogP contribution in [0.1, 0.15) is 17.2 Å². The van der Waals surface area contributed by atoms with Gasteiger partial charge in [-0.3, -0.25) is 0 Å². The number of nitrogens with one attached hydrogen (secondary N) is 1. The van der Waals surface area contributed by atoms with Gasteiger partial charge in [-0.25, -0.2) is 0 Å². The molecule has 3 aromatic rings. The van der Waals surface area contributed by atoms with Crippen molar-refractivity contribution >= 4 is 5.69 Å². The summed E-state index contributed by atoms with van der Waals surface area (Å²) >= 11 is 0. The molecule has 0 heterocycles. The molecule has 0 bridgehead atoms. The summed E-state index contributed by atoms with van der Waals surface area (Å²) in [5.41, 5.74) is 1.45. The molecule has 0 aliphatic carbocycles. The van der Waals surface area contributed by atoms with Crippen molar-refractivity contribution in [2.24, 2.45) is 0 Å². The standard InChI is InChI=1S/C22H20F3NO2/c1-27-19-13-9-18(10-14-19)26-21(22(23,24)25)17-7-11-20(12-8-17)28-15-16-5-3-2-4-6-16/h2-14,21,26H,15H2,1H3/t21-/m0/s1. The van der Waals surface area contributed by atoms with Crippen molar-refractivity contribution in [2.45, 2.75) is 18.8 Å². The van der Waals surface area contributed by atoms with E-state index >= 15 is 0 Å². The first-order valence-corrected chi connectivity index (χ1v) is 8.70. The quantitative estimate of drug-likeness (QED) is 0.540. The molecular formula is C22H20F3NO2. The lowest BCUT2D eigenvalue weighted by molar-refractivity contribution is -0.144. The van der Waals surface area contributed by atoms with Gasteiger partial charge in [-0.15, -0.1) is 0 Å². The molecule has 28 heavy (non-hydrogen) atoms. The molecule has 1 N–H and O–H groups in total. The summed E-state index contributed by atoms with van der Waals surface area (Å²) in [6.45, 7) is 0.354. The minimum atomic E-state index is -4.45. The number of benzene rings is 3. The Kier molecular flexibility index (Phi) is 6.09. The van der Waals surface area contributed by atoms with Crippen LogP contribution in [0, 0.1) is 0 Å². The molecule has 0 unspecified atom stereocenters. The maximum absolute atomic E-state index is 13.6. The maximum Gasteiger partial charge on any atom is 0.412 e. The number of methoxy groups -OCH3 is 1. The van der Waals surface area contributed by atoms with Crippen molar-refractivity contribution in [3.63, 3.8) is 0 Å². The van der Waals surface area contributed by atoms with Gasteiger partial charge in [0.15, 0.2) is 0 Å². The monoisotopic (exact) mass is 387 g/mol. The van der Waals surface area contributed by atoms with Crippen LogP contribution in [-0.4, -0.2) is 13.3 Å². The topological polar surface area (TPSA) is 30.5 Å². The molecule has 0 saturated heterocycles. The fraction of sp³-hybridized carbons (Fsp3) is 0.182. The van der Waals surface area contributed by atoms with Crippen molar-refractivity contribution in [3.05, 3.63) is 90.0 Å². The highest BCUT2D eigenvalue weighted by atomic mass is 19.4. The number of rotatable bonds is 7. The molecule has 3 aromatic carbocycles. The van der Waals surface area contributed by atoms with Crippen molar-refractivity contribution in [2.75, 3.05) is 12.4 Å². The van der Waals surface area contributed by atoms with E-state index in [4.69, 9.17) is 9.47 Å². The van der Waals surface area contributed by atoms with Crippen molar-refractivity contribution in [1.29, 1.82) is 0 Å². The molecule has 0 aromatic heterocycles. The van der Waals surface area contributed by atoms with Gasteiger partial charge < -0.3 is 14.8 Å². The van der Waals surface area contributed by atoms with E-state index in [1.54, 1.807) is 36.4 Å². The van der Waals surface area contributed by atoms with E-state index in [0.29, 0.717) is 23.8 Å². The highest BCUT2D eigenvalue weighted by Gasteiger charge is 2.40. The molecule has 0 radical (unpaired) electrons. The number of alkyl halides is 3. The summed E-state index contributed by atoms with van der Waals surface area (Å²) in [5.74, 6) is 1.09. The van der Waals surface area contributed by atoms with Crippen LogP contribution in [0.25, 0.3) is 0 Å². The average Bonchev–Trinajstić information content (AvgIpc) is 2.71. The van der Waals surface area contributed by atoms with Crippen LogP contribution in [0.3, 0.4) is 0 Å². The van der Waals surface area contributed by atoms with Crippen molar-refractivity contribution in [1.82, 2.24) is 0 Å². The molecule has 1 atom stereocenters. The van der Waals surface area contributed by atoms with Gasteiger partial charge in [0.1, 0.15) is 24.1 Å². The molecule has 3 rings (SSSR count). The minimum absolute atomic E-state index is 0.107. The summed E-state index contributed by atoms with van der Waals surface area (Å²) in [7, 11) is 1.50. The third-order valence-electron chi connectivity index (χ3n) is 4.19. The summed E-state index contributed by atoms with van der Waals surface area (Å²) in [4.78, 5) is 0. The molecule has 0 aliphatic heterocycles. The molecule has 3 nitrogen and oxygen atoms in total. The summed E-state index contributed by atoms with van der Waals surface area (Å²) in [6.07, 6.45) is -4.45. The van der Waals surface area contributed by atoms with Crippen LogP contribution in [0.2, 0.25) is 0 Å². The van der Waals surface area contributed by atoms with E-state index in [1.807, 2.05) is 30.3 Å². The lowest BCUT2D eigenvalue weighted by atomic mass is 10.1. The Bertz CT molecular complexity index is 863. The van der Waals surface area contributed by atoms with Gasteiger partial charge in [0, 0.05) is 5.69 Å². The van der Waals surface area contributed by atoms with Crippen LogP contribution >= 0.6 is 0 Å². The van der Waals surface area contributed by atoms with Crippen LogP contribution in [0.4, 0.5) is 18.9 Å². The van der Waals surface area contributed by atoms with Gasteiger partial charge in [0.05, 0.1) is 7.11 Å². The zero-order chi connectivity index (χ0) is 20.0. The first kappa shape index (κ1) is 19.6. The second kappa shape index (κ2) is 8.69. The third-order valence-corrected chi connectivity index (χ3v) is 4.19. The molecule has 146 valence electrons. The Morgan fingerprint density at radius 1 is 0.821 bits per heavy atom. The second-order valence-corrected chi connectivity index (χ2v) is 6.19. The molecular weight excluding hydrogens is 367 g/mol. The van der Waals surface area contributed by atoms with Crippen molar-refractivity contribution in [3.8, 4) is 11.5 Å². The lowest BCUT2D eigenvalue weighted by Gasteiger charge is -2.23. The van der Waals surface area contributed by atoms with E-state index in [2.05, 4.69) is 5.32 Å². The van der Waals surface area contributed by atoms with Crippen LogP contribution in [0.5, 0.6) is 11.5 Å². The first-order chi connectivity index (χ1) is 13.5. The Hall–Kier alpha value is -3.15. The molecule has 0 saturated carbocycles. The van der Waals surface area contributed by atoms with E-state index in [0.717, 1.165) is 5.56 Å². The van der Waals surface area contributed by atoms with E-state index in [1.165, 1.54) is 19.2 Å². The van der Waals surface area contributed by atoms with Crippen LogP contribution in [0.15, 0.2) is 78.9 Å². The minimum Gasteiger partial charge on any atom is -0.497 e. The van der Waals surface area contributed by atoms with Gasteiger partial charge in [-0.05, 0) is 47.5 Å². The Labute approximate surface area is 161 Å². The molecule has 0 aliphatic rings. The summed E-state index contributed by atoms with van der Waals surface area (Å²) in [5, 5.41) is 2.54. The van der Waals surface area contributed by atoms with Gasteiger partial charge in [0.2, 0.25) is 0 Å². The third kappa shape index (κ3) is 5.19. The van der Waals surface area contributed by atoms with Gasteiger partial charge in [0.25, 0.3) is 0 Å². The summed E-state index contributed by atoms with van der Waals surface area (Å²) < 4.78 is 51.4. The molecule has 6 heteroatoms.